The Bertz CT molecular complexity index is 871. The van der Waals surface area contributed by atoms with E-state index in [1.165, 1.54) is 6.07 Å². The van der Waals surface area contributed by atoms with Crippen LogP contribution >= 0.6 is 0 Å². The molecule has 0 atom stereocenters. The fourth-order valence-electron chi connectivity index (χ4n) is 2.39. The highest BCUT2D eigenvalue weighted by Gasteiger charge is 2.37. The van der Waals surface area contributed by atoms with E-state index in [2.05, 4.69) is 0 Å². The summed E-state index contributed by atoms with van der Waals surface area (Å²) in [6.07, 6.45) is 0. The van der Waals surface area contributed by atoms with Gasteiger partial charge in [0.2, 0.25) is 0 Å². The molecular formula is C15H13FN2O4S. The Hall–Kier alpha value is -2.61. The second-order valence-corrected chi connectivity index (χ2v) is 6.82. The molecule has 0 spiro atoms. The molecule has 0 radical (unpaired) electrons. The molecule has 2 N–H and O–H groups in total. The summed E-state index contributed by atoms with van der Waals surface area (Å²) in [5, 5.41) is 10.1. The van der Waals surface area contributed by atoms with E-state index in [-0.39, 0.29) is 0 Å². The summed E-state index contributed by atoms with van der Waals surface area (Å²) in [7, 11) is -4.18. The summed E-state index contributed by atoms with van der Waals surface area (Å²) in [5.74, 6) is -2.27. The predicted octanol–water partition coefficient (Wildman–Crippen LogP) is 1.69. The van der Waals surface area contributed by atoms with Crippen molar-refractivity contribution in [3.63, 3.8) is 0 Å². The van der Waals surface area contributed by atoms with Crippen molar-refractivity contribution in [1.29, 1.82) is 0 Å². The maximum Gasteiger partial charge on any atom is 0.326 e. The van der Waals surface area contributed by atoms with Crippen LogP contribution in [0.2, 0.25) is 0 Å². The van der Waals surface area contributed by atoms with Crippen LogP contribution in [-0.4, -0.2) is 26.0 Å². The van der Waals surface area contributed by atoms with Gasteiger partial charge in [-0.25, -0.2) is 13.4 Å². The Balaban J connectivity index is 2.08. The van der Waals surface area contributed by atoms with Crippen LogP contribution in [0.4, 0.5) is 10.1 Å². The first-order valence-electron chi connectivity index (χ1n) is 6.71. The minimum Gasteiger partial charge on any atom is -0.506 e. The molecule has 120 valence electrons. The molecule has 2 aromatic rings. The van der Waals surface area contributed by atoms with E-state index in [0.717, 1.165) is 11.6 Å². The highest BCUT2D eigenvalue weighted by molar-refractivity contribution is 7.92. The average Bonchev–Trinajstić information content (AvgIpc) is 2.71. The number of hydrogen-bond acceptors (Lipinski definition) is 4. The summed E-state index contributed by atoms with van der Waals surface area (Å²) in [4.78, 5) is 11.2. The van der Waals surface area contributed by atoms with E-state index >= 15 is 0 Å². The fraction of sp³-hybridized carbons (Fsp3) is 0.133. The Labute approximate surface area is 132 Å². The van der Waals surface area contributed by atoms with E-state index in [0.29, 0.717) is 15.4 Å². The lowest BCUT2D eigenvalue weighted by Gasteiger charge is -2.17. The fourth-order valence-corrected chi connectivity index (χ4v) is 3.56. The van der Waals surface area contributed by atoms with Crippen LogP contribution in [0.5, 0.6) is 5.75 Å². The number of carbonyl (C=O) groups is 1. The molecule has 3 rings (SSSR count). The first kappa shape index (κ1) is 15.3. The molecule has 0 aliphatic carbocycles. The summed E-state index contributed by atoms with van der Waals surface area (Å²) >= 11 is 0. The number of nitrogens with zero attached hydrogens (tertiary/aromatic N) is 1. The molecule has 0 saturated carbocycles. The van der Waals surface area contributed by atoms with Crippen LogP contribution in [0.1, 0.15) is 5.56 Å². The molecule has 0 unspecified atom stereocenters. The Morgan fingerprint density at radius 2 is 1.83 bits per heavy atom. The summed E-state index contributed by atoms with van der Waals surface area (Å²) < 4.78 is 40.2. The third-order valence-corrected chi connectivity index (χ3v) is 4.88. The monoisotopic (exact) mass is 336 g/mol. The lowest BCUT2D eigenvalue weighted by atomic mass is 10.0. The number of aromatic hydroxyl groups is 1. The van der Waals surface area contributed by atoms with E-state index in [1.807, 2.05) is 19.1 Å². The van der Waals surface area contributed by atoms with Gasteiger partial charge in [-0.1, -0.05) is 29.8 Å². The Morgan fingerprint density at radius 1 is 1.17 bits per heavy atom. The van der Waals surface area contributed by atoms with Crippen molar-refractivity contribution in [1.82, 2.24) is 4.72 Å². The van der Waals surface area contributed by atoms with Crippen molar-refractivity contribution in [2.45, 2.75) is 6.92 Å². The zero-order valence-corrected chi connectivity index (χ0v) is 12.9. The number of anilines is 1. The van der Waals surface area contributed by atoms with Crippen LogP contribution in [-0.2, 0) is 15.0 Å². The molecule has 1 aliphatic heterocycles. The van der Waals surface area contributed by atoms with Gasteiger partial charge in [-0.15, -0.1) is 0 Å². The zero-order valence-electron chi connectivity index (χ0n) is 12.1. The number of aryl methyl sites for hydroxylation is 1. The molecule has 23 heavy (non-hydrogen) atoms. The van der Waals surface area contributed by atoms with E-state index in [9.17, 15) is 22.7 Å². The Kier molecular flexibility index (Phi) is 3.48. The van der Waals surface area contributed by atoms with Gasteiger partial charge in [0.15, 0.2) is 5.82 Å². The SMILES string of the molecule is Cc1ccc(-c2cc(O)c(N3CC(=O)NS3(=O)=O)c(F)c2)cc1. The highest BCUT2D eigenvalue weighted by atomic mass is 32.2. The quantitative estimate of drug-likeness (QED) is 0.874. The van der Waals surface area contributed by atoms with E-state index < -0.39 is 39.9 Å². The van der Waals surface area contributed by atoms with Crippen LogP contribution in [0.3, 0.4) is 0 Å². The average molecular weight is 336 g/mol. The number of hydrogen-bond donors (Lipinski definition) is 2. The lowest BCUT2D eigenvalue weighted by Crippen LogP contribution is -2.30. The van der Waals surface area contributed by atoms with E-state index in [1.54, 1.807) is 16.9 Å². The van der Waals surface area contributed by atoms with Gasteiger partial charge in [0.25, 0.3) is 5.91 Å². The van der Waals surface area contributed by atoms with Gasteiger partial charge in [-0.05, 0) is 30.2 Å². The van der Waals surface area contributed by atoms with Gasteiger partial charge < -0.3 is 5.11 Å². The molecule has 1 aliphatic rings. The minimum absolute atomic E-state index is 0.402. The van der Waals surface area contributed by atoms with Gasteiger partial charge >= 0.3 is 10.2 Å². The molecule has 1 saturated heterocycles. The van der Waals surface area contributed by atoms with Gasteiger partial charge in [-0.3, -0.25) is 4.79 Å². The standard InChI is InChI=1S/C15H13FN2O4S/c1-9-2-4-10(5-3-9)11-6-12(16)15(13(19)7-11)18-8-14(20)17-23(18,21)22/h2-7,19H,8H2,1H3,(H,17,20). The van der Waals surface area contributed by atoms with Crippen molar-refractivity contribution in [2.24, 2.45) is 0 Å². The van der Waals surface area contributed by atoms with Crippen LogP contribution in [0, 0.1) is 12.7 Å². The molecule has 2 aromatic carbocycles. The van der Waals surface area contributed by atoms with E-state index in [4.69, 9.17) is 0 Å². The van der Waals surface area contributed by atoms with Crippen molar-refractivity contribution >= 4 is 21.8 Å². The van der Waals surface area contributed by atoms with Gasteiger partial charge in [0.1, 0.15) is 18.0 Å². The second kappa shape index (κ2) is 5.24. The maximum absolute atomic E-state index is 14.4. The third kappa shape index (κ3) is 2.72. The smallest absolute Gasteiger partial charge is 0.326 e. The molecule has 1 fully saturated rings. The number of benzene rings is 2. The number of phenolic OH excluding ortho intramolecular Hbond substituents is 1. The van der Waals surface area contributed by atoms with Crippen LogP contribution in [0.25, 0.3) is 11.1 Å². The van der Waals surface area contributed by atoms with Crippen molar-refractivity contribution < 1.29 is 22.7 Å². The first-order chi connectivity index (χ1) is 10.8. The number of phenols is 1. The van der Waals surface area contributed by atoms with Crippen molar-refractivity contribution in [2.75, 3.05) is 10.8 Å². The number of amides is 1. The lowest BCUT2D eigenvalue weighted by molar-refractivity contribution is -0.117. The second-order valence-electron chi connectivity index (χ2n) is 5.23. The van der Waals surface area contributed by atoms with Crippen LogP contribution < -0.4 is 9.03 Å². The summed E-state index contributed by atoms with van der Waals surface area (Å²) in [6, 6.07) is 9.60. The van der Waals surface area contributed by atoms with Gasteiger partial charge in [-0.2, -0.15) is 8.42 Å². The number of carbonyl (C=O) groups excluding carboxylic acids is 1. The molecule has 6 nitrogen and oxygen atoms in total. The van der Waals surface area contributed by atoms with Gasteiger partial charge in [0, 0.05) is 0 Å². The number of rotatable bonds is 2. The normalized spacial score (nSPS) is 16.4. The van der Waals surface area contributed by atoms with Crippen molar-refractivity contribution in [3.8, 4) is 16.9 Å². The molecule has 1 amide bonds. The largest absolute Gasteiger partial charge is 0.506 e. The Morgan fingerprint density at radius 3 is 2.35 bits per heavy atom. The topological polar surface area (TPSA) is 86.7 Å². The molecule has 8 heteroatoms. The zero-order chi connectivity index (χ0) is 16.8. The summed E-state index contributed by atoms with van der Waals surface area (Å²) in [5.41, 5.74) is 1.57. The number of nitrogens with one attached hydrogen (secondary N) is 1. The van der Waals surface area contributed by atoms with Crippen molar-refractivity contribution in [3.05, 3.63) is 47.8 Å². The molecular weight excluding hydrogens is 323 g/mol. The predicted molar refractivity (Wildman–Crippen MR) is 82.6 cm³/mol. The maximum atomic E-state index is 14.4. The highest BCUT2D eigenvalue weighted by Crippen LogP contribution is 2.37. The third-order valence-electron chi connectivity index (χ3n) is 3.50. The first-order valence-corrected chi connectivity index (χ1v) is 8.15. The molecule has 0 aromatic heterocycles. The minimum atomic E-state index is -4.18. The molecule has 1 heterocycles. The van der Waals surface area contributed by atoms with Crippen LogP contribution in [0.15, 0.2) is 36.4 Å². The summed E-state index contributed by atoms with van der Waals surface area (Å²) in [6.45, 7) is 1.34. The number of halogens is 1. The molecule has 0 bridgehead atoms. The van der Waals surface area contributed by atoms with Gasteiger partial charge in [0.05, 0.1) is 0 Å².